The third-order valence-electron chi connectivity index (χ3n) is 22.9. The van der Waals surface area contributed by atoms with E-state index in [0.717, 1.165) is 73.2 Å². The molecule has 8 aromatic heterocycles. The minimum atomic E-state index is 0.0821. The Morgan fingerprint density at radius 3 is 0.761 bits per heavy atom. The summed E-state index contributed by atoms with van der Waals surface area (Å²) in [4.78, 5) is 24.1. The number of benzene rings is 13. The number of rotatable bonds is 8. The van der Waals surface area contributed by atoms with Crippen LogP contribution in [-0.2, 0) is 10.8 Å². The Kier molecular flexibility index (Phi) is 17.7. The van der Waals surface area contributed by atoms with Crippen molar-refractivity contribution in [2.45, 2.75) is 66.2 Å². The molecular formula is C106H79N11. The molecule has 11 heteroatoms. The second-order valence-corrected chi connectivity index (χ2v) is 32.3. The molecule has 0 spiro atoms. The Hall–Kier alpha value is -15.2. The van der Waals surface area contributed by atoms with E-state index in [1.807, 2.05) is 18.2 Å². The van der Waals surface area contributed by atoms with Gasteiger partial charge in [-0.1, -0.05) is 186 Å². The van der Waals surface area contributed by atoms with E-state index in [-0.39, 0.29) is 10.8 Å². The minimum Gasteiger partial charge on any atom is -0.309 e. The van der Waals surface area contributed by atoms with Crippen LogP contribution in [0.25, 0.3) is 186 Å². The van der Waals surface area contributed by atoms with Crippen molar-refractivity contribution in [3.8, 4) is 62.2 Å². The molecule has 21 rings (SSSR count). The molecule has 0 N–H and O–H groups in total. The zero-order valence-corrected chi connectivity index (χ0v) is 66.2. The van der Waals surface area contributed by atoms with Gasteiger partial charge in [-0.05, 0) is 234 Å². The van der Waals surface area contributed by atoms with E-state index >= 15 is 0 Å². The zero-order chi connectivity index (χ0) is 80.0. The van der Waals surface area contributed by atoms with Gasteiger partial charge in [0, 0.05) is 101 Å². The van der Waals surface area contributed by atoms with E-state index in [1.54, 1.807) is 36.8 Å². The standard InChI is InChI=1S/C48H29N5.C32H31N3.C26H19N3/c1-49-32-26-27-50-42(28-32)31-18-20-33(21-19-31)51-47-24-22-34(52-43-14-6-2-10-36(43)37-11-3-7-15-44(37)52)29-40(47)41-30-35(23-25-48(41)51)53-45-16-8-4-12-38(45)39-13-5-9-17-46(39)53;1-31(2,3)22-10-14-29-26(18-22)27-19-23(32(4,5)6)11-15-30(27)35(29)25-12-8-21(9-13-25)28-20-24(33-7)16-17-34-28;1-17-4-10-25-22(14-17)23-15-18(2)5-11-26(23)29(25)21-8-6-19(7-9-21)24-16-20(27-3)12-13-28-24/h2-30H;8-20H,1-6H3;4-16H,1-2H3. The molecule has 0 bridgehead atoms. The molecule has 0 atom stereocenters. The van der Waals surface area contributed by atoms with Gasteiger partial charge < -0.3 is 22.8 Å². The predicted molar refractivity (Wildman–Crippen MR) is 486 cm³/mol. The van der Waals surface area contributed by atoms with Gasteiger partial charge in [0.25, 0.3) is 0 Å². The number of para-hydroxylation sites is 4. The number of aryl methyl sites for hydroxylation is 2. The molecule has 0 saturated heterocycles. The summed E-state index contributed by atoms with van der Waals surface area (Å²) in [6.07, 6.45) is 5.09. The van der Waals surface area contributed by atoms with Crippen molar-refractivity contribution in [2.75, 3.05) is 0 Å². The molecule has 0 unspecified atom stereocenters. The maximum absolute atomic E-state index is 7.46. The zero-order valence-electron chi connectivity index (χ0n) is 66.2. The second-order valence-electron chi connectivity index (χ2n) is 32.3. The summed E-state index contributed by atoms with van der Waals surface area (Å²) in [6, 6.07) is 112. The summed E-state index contributed by atoms with van der Waals surface area (Å²) >= 11 is 0. The molecule has 558 valence electrons. The molecule has 0 aliphatic heterocycles. The molecule has 0 aliphatic carbocycles. The van der Waals surface area contributed by atoms with Gasteiger partial charge in [-0.15, -0.1) is 0 Å². The first-order valence-corrected chi connectivity index (χ1v) is 39.4. The molecule has 0 amide bonds. The molecule has 8 heterocycles. The number of hydrogen-bond acceptors (Lipinski definition) is 3. The lowest BCUT2D eigenvalue weighted by molar-refractivity contribution is 0.590. The van der Waals surface area contributed by atoms with Crippen LogP contribution in [0.5, 0.6) is 0 Å². The highest BCUT2D eigenvalue weighted by Gasteiger charge is 2.24. The van der Waals surface area contributed by atoms with E-state index in [9.17, 15) is 0 Å². The minimum absolute atomic E-state index is 0.0821. The molecule has 13 aromatic carbocycles. The van der Waals surface area contributed by atoms with Crippen LogP contribution in [0.1, 0.15) is 63.8 Å². The normalized spacial score (nSPS) is 11.7. The van der Waals surface area contributed by atoms with Gasteiger partial charge in [0.2, 0.25) is 0 Å². The van der Waals surface area contributed by atoms with Crippen LogP contribution in [0.2, 0.25) is 0 Å². The lowest BCUT2D eigenvalue weighted by Crippen LogP contribution is -2.10. The van der Waals surface area contributed by atoms with Crippen molar-refractivity contribution in [3.63, 3.8) is 0 Å². The Labute approximate surface area is 678 Å². The fourth-order valence-corrected chi connectivity index (χ4v) is 17.0. The van der Waals surface area contributed by atoms with Crippen molar-refractivity contribution < 1.29 is 0 Å². The van der Waals surface area contributed by atoms with Crippen LogP contribution < -0.4 is 0 Å². The van der Waals surface area contributed by atoms with Crippen molar-refractivity contribution in [1.82, 2.24) is 37.8 Å². The van der Waals surface area contributed by atoms with E-state index in [0.29, 0.717) is 17.1 Å². The van der Waals surface area contributed by atoms with Gasteiger partial charge in [-0.2, -0.15) is 0 Å². The van der Waals surface area contributed by atoms with E-state index in [2.05, 4.69) is 387 Å². The topological polar surface area (TPSA) is 76.4 Å². The van der Waals surface area contributed by atoms with Crippen LogP contribution in [0.3, 0.4) is 0 Å². The summed E-state index contributed by atoms with van der Waals surface area (Å²) in [6.45, 7) is 39.8. The Morgan fingerprint density at radius 1 is 0.231 bits per heavy atom. The molecule has 21 aromatic rings. The third-order valence-corrected chi connectivity index (χ3v) is 22.9. The van der Waals surface area contributed by atoms with Gasteiger partial charge in [-0.3, -0.25) is 15.0 Å². The maximum atomic E-state index is 7.46. The highest BCUT2D eigenvalue weighted by molar-refractivity contribution is 6.15. The molecule has 0 radical (unpaired) electrons. The van der Waals surface area contributed by atoms with E-state index < -0.39 is 0 Å². The molecule has 117 heavy (non-hydrogen) atoms. The largest absolute Gasteiger partial charge is 0.309 e. The van der Waals surface area contributed by atoms with Gasteiger partial charge in [0.15, 0.2) is 17.1 Å². The van der Waals surface area contributed by atoms with Gasteiger partial charge in [-0.25, -0.2) is 14.5 Å². The molecule has 11 nitrogen and oxygen atoms in total. The van der Waals surface area contributed by atoms with Gasteiger partial charge >= 0.3 is 0 Å². The van der Waals surface area contributed by atoms with Gasteiger partial charge in [0.1, 0.15) is 0 Å². The molecule has 0 fully saturated rings. The Bertz CT molecular complexity index is 7290. The van der Waals surface area contributed by atoms with Crippen LogP contribution in [0.4, 0.5) is 17.1 Å². The summed E-state index contributed by atoms with van der Waals surface area (Å²) in [7, 11) is 0. The molecular weight excluding hydrogens is 1430 g/mol. The first-order chi connectivity index (χ1) is 56.9. The lowest BCUT2D eigenvalue weighted by atomic mass is 9.85. The number of nitrogens with zero attached hydrogens (tertiary/aromatic N) is 11. The number of aromatic nitrogens is 8. The SMILES string of the molecule is [C-]#[N+]c1ccnc(-c2ccc(-n3c4ccc(-n5c6ccccc6c6ccccc65)cc4c4cc(-n5c6ccccc6c6ccccc65)ccc43)cc2)c1.[C-]#[N+]c1ccnc(-c2ccc(-n3c4ccc(C(C)(C)C)cc4c4cc(C(C)(C)C)ccc43)cc2)c1.[C-]#[N+]c1ccnc(-c2ccc(-n3c4ccc(C)cc4c4cc(C)ccc43)cc2)c1. The maximum Gasteiger partial charge on any atom is 0.190 e. The van der Waals surface area contributed by atoms with Crippen molar-refractivity contribution in [1.29, 1.82) is 0 Å². The van der Waals surface area contributed by atoms with Crippen molar-refractivity contribution >= 4 is 126 Å². The number of pyridine rings is 3. The number of fused-ring (bicyclic) bond motifs is 15. The van der Waals surface area contributed by atoms with E-state index in [1.165, 1.54) is 120 Å². The van der Waals surface area contributed by atoms with Crippen LogP contribution in [0.15, 0.2) is 334 Å². The Balaban J connectivity index is 0.000000124. The highest BCUT2D eigenvalue weighted by Crippen LogP contribution is 2.43. The van der Waals surface area contributed by atoms with Crippen LogP contribution in [-0.4, -0.2) is 37.8 Å². The monoisotopic (exact) mass is 1510 g/mol. The average Bonchev–Trinajstić information content (AvgIpc) is 1.47. The number of hydrogen-bond donors (Lipinski definition) is 0. The van der Waals surface area contributed by atoms with Crippen LogP contribution in [0, 0.1) is 33.6 Å². The summed E-state index contributed by atoms with van der Waals surface area (Å²) in [5, 5.41) is 12.5. The summed E-state index contributed by atoms with van der Waals surface area (Å²) < 4.78 is 11.8. The first kappa shape index (κ1) is 72.1. The van der Waals surface area contributed by atoms with Crippen molar-refractivity contribution in [2.24, 2.45) is 0 Å². The average molecular weight is 1510 g/mol. The molecule has 0 saturated carbocycles. The Morgan fingerprint density at radius 2 is 0.470 bits per heavy atom. The van der Waals surface area contributed by atoms with E-state index in [4.69, 9.17) is 19.7 Å². The first-order valence-electron chi connectivity index (χ1n) is 39.4. The second kappa shape index (κ2) is 28.8. The third kappa shape index (κ3) is 12.8. The lowest BCUT2D eigenvalue weighted by Gasteiger charge is -2.19. The predicted octanol–water partition coefficient (Wildman–Crippen LogP) is 28.6. The summed E-state index contributed by atoms with van der Waals surface area (Å²) in [5.41, 5.74) is 29.9. The fourth-order valence-electron chi connectivity index (χ4n) is 17.0. The highest BCUT2D eigenvalue weighted by atomic mass is 15.0. The quantitative estimate of drug-likeness (QED) is 0.142. The van der Waals surface area contributed by atoms with Crippen molar-refractivity contribution in [3.05, 3.63) is 391 Å². The molecule has 0 aliphatic rings. The van der Waals surface area contributed by atoms with Crippen LogP contribution >= 0.6 is 0 Å². The van der Waals surface area contributed by atoms with Gasteiger partial charge in [0.05, 0.1) is 92.0 Å². The summed E-state index contributed by atoms with van der Waals surface area (Å²) in [5.74, 6) is 0. The fraction of sp³-hybridized carbons (Fsp3) is 0.0943. The smallest absolute Gasteiger partial charge is 0.190 e.